The molecule has 2 N–H and O–H groups in total. The molecule has 4 nitrogen and oxygen atoms in total. The first-order valence-electron chi connectivity index (χ1n) is 4.97. The van der Waals surface area contributed by atoms with Gasteiger partial charge in [0.2, 0.25) is 0 Å². The second-order valence-corrected chi connectivity index (χ2v) is 3.58. The Morgan fingerprint density at radius 2 is 2.06 bits per heavy atom. The van der Waals surface area contributed by atoms with Crippen molar-refractivity contribution in [1.82, 2.24) is 10.2 Å². The highest BCUT2D eigenvalue weighted by atomic mass is 19.4. The number of aliphatic carboxylic acids is 1. The summed E-state index contributed by atoms with van der Waals surface area (Å²) in [7, 11) is 1.47. The number of carboxylic acids is 1. The summed E-state index contributed by atoms with van der Waals surface area (Å²) in [4.78, 5) is 12.1. The Balaban J connectivity index is 4.00. The van der Waals surface area contributed by atoms with E-state index in [2.05, 4.69) is 5.32 Å². The number of hydrogen-bond acceptors (Lipinski definition) is 3. The molecular weight excluding hydrogens is 225 g/mol. The molecule has 0 aromatic rings. The monoisotopic (exact) mass is 242 g/mol. The van der Waals surface area contributed by atoms with Crippen molar-refractivity contribution in [1.29, 1.82) is 0 Å². The molecule has 96 valence electrons. The van der Waals surface area contributed by atoms with E-state index in [4.69, 9.17) is 5.11 Å². The zero-order chi connectivity index (χ0) is 12.8. The third-order valence-corrected chi connectivity index (χ3v) is 2.02. The van der Waals surface area contributed by atoms with Crippen LogP contribution >= 0.6 is 0 Å². The number of nitrogens with zero attached hydrogens (tertiary/aromatic N) is 1. The summed E-state index contributed by atoms with van der Waals surface area (Å²) in [6.07, 6.45) is -5.13. The fourth-order valence-electron chi connectivity index (χ4n) is 1.20. The topological polar surface area (TPSA) is 52.6 Å². The van der Waals surface area contributed by atoms with Crippen molar-refractivity contribution in [2.24, 2.45) is 0 Å². The molecule has 0 radical (unpaired) electrons. The van der Waals surface area contributed by atoms with Gasteiger partial charge in [-0.25, -0.2) is 0 Å². The number of halogens is 3. The molecule has 0 heterocycles. The molecule has 0 fully saturated rings. The summed E-state index contributed by atoms with van der Waals surface area (Å²) in [5.74, 6) is -1.05. The van der Waals surface area contributed by atoms with E-state index < -0.39 is 24.6 Å². The lowest BCUT2D eigenvalue weighted by Gasteiger charge is -2.22. The van der Waals surface area contributed by atoms with Gasteiger partial charge in [0.1, 0.15) is 6.04 Å². The third kappa shape index (κ3) is 7.47. The lowest BCUT2D eigenvalue weighted by Crippen LogP contribution is -2.45. The van der Waals surface area contributed by atoms with Crippen molar-refractivity contribution in [3.8, 4) is 0 Å². The van der Waals surface area contributed by atoms with Crippen molar-refractivity contribution in [2.75, 3.05) is 26.7 Å². The average molecular weight is 242 g/mol. The number of hydrogen-bond donors (Lipinski definition) is 2. The highest BCUT2D eigenvalue weighted by molar-refractivity contribution is 5.73. The first kappa shape index (κ1) is 15.2. The molecule has 0 spiro atoms. The Bertz CT molecular complexity index is 221. The Morgan fingerprint density at radius 3 is 2.44 bits per heavy atom. The van der Waals surface area contributed by atoms with Gasteiger partial charge >= 0.3 is 12.1 Å². The van der Waals surface area contributed by atoms with E-state index in [0.29, 0.717) is 6.54 Å². The molecule has 0 amide bonds. The average Bonchev–Trinajstić information content (AvgIpc) is 2.13. The van der Waals surface area contributed by atoms with Crippen LogP contribution < -0.4 is 5.32 Å². The summed E-state index contributed by atoms with van der Waals surface area (Å²) in [5.41, 5.74) is 0. The zero-order valence-electron chi connectivity index (χ0n) is 9.34. The van der Waals surface area contributed by atoms with E-state index >= 15 is 0 Å². The predicted octanol–water partition coefficient (Wildman–Crippen LogP) is 0.933. The van der Waals surface area contributed by atoms with Crippen LogP contribution in [-0.2, 0) is 4.79 Å². The van der Waals surface area contributed by atoms with Gasteiger partial charge < -0.3 is 15.3 Å². The Morgan fingerprint density at radius 1 is 1.50 bits per heavy atom. The smallest absolute Gasteiger partial charge is 0.390 e. The van der Waals surface area contributed by atoms with Crippen molar-refractivity contribution in [3.63, 3.8) is 0 Å². The summed E-state index contributed by atoms with van der Waals surface area (Å²) < 4.78 is 35.7. The van der Waals surface area contributed by atoms with Gasteiger partial charge in [0.15, 0.2) is 0 Å². The van der Waals surface area contributed by atoms with Crippen LogP contribution in [0.1, 0.15) is 13.3 Å². The van der Waals surface area contributed by atoms with E-state index in [9.17, 15) is 18.0 Å². The molecule has 0 saturated carbocycles. The van der Waals surface area contributed by atoms with Gasteiger partial charge in [0.25, 0.3) is 0 Å². The molecule has 1 atom stereocenters. The summed E-state index contributed by atoms with van der Waals surface area (Å²) in [6.45, 7) is 2.06. The maximum atomic E-state index is 11.9. The molecule has 0 aliphatic heterocycles. The second kappa shape index (κ2) is 6.70. The first-order chi connectivity index (χ1) is 7.26. The highest BCUT2D eigenvalue weighted by Crippen LogP contribution is 2.19. The molecule has 0 rings (SSSR count). The molecule has 0 saturated heterocycles. The van der Waals surface area contributed by atoms with Crippen LogP contribution in [0, 0.1) is 0 Å². The maximum Gasteiger partial charge on any atom is 0.390 e. The van der Waals surface area contributed by atoms with E-state index in [0.717, 1.165) is 0 Å². The van der Waals surface area contributed by atoms with E-state index in [-0.39, 0.29) is 13.1 Å². The molecule has 16 heavy (non-hydrogen) atoms. The van der Waals surface area contributed by atoms with Crippen LogP contribution in [0.25, 0.3) is 0 Å². The van der Waals surface area contributed by atoms with Crippen LogP contribution in [0.15, 0.2) is 0 Å². The SMILES string of the molecule is CCNC(CN(C)CCC(F)(F)F)C(=O)O. The standard InChI is InChI=1S/C9H17F3N2O2/c1-3-13-7(8(15)16)6-14(2)5-4-9(10,11)12/h7,13H,3-6H2,1-2H3,(H,15,16). The predicted molar refractivity (Wildman–Crippen MR) is 53.3 cm³/mol. The van der Waals surface area contributed by atoms with Crippen molar-refractivity contribution in [3.05, 3.63) is 0 Å². The van der Waals surface area contributed by atoms with Crippen LogP contribution in [0.5, 0.6) is 0 Å². The Labute approximate surface area is 92.4 Å². The molecule has 0 aromatic carbocycles. The van der Waals surface area contributed by atoms with Crippen LogP contribution in [-0.4, -0.2) is 54.9 Å². The number of nitrogens with one attached hydrogen (secondary N) is 1. The zero-order valence-corrected chi connectivity index (χ0v) is 9.34. The molecule has 1 unspecified atom stereocenters. The largest absolute Gasteiger partial charge is 0.480 e. The Kier molecular flexibility index (Phi) is 6.35. The number of carbonyl (C=O) groups is 1. The quantitative estimate of drug-likeness (QED) is 0.697. The third-order valence-electron chi connectivity index (χ3n) is 2.02. The minimum Gasteiger partial charge on any atom is -0.480 e. The summed E-state index contributed by atoms with van der Waals surface area (Å²) in [5, 5.41) is 11.5. The minimum atomic E-state index is -4.20. The number of rotatable bonds is 7. The van der Waals surface area contributed by atoms with Gasteiger partial charge in [-0.3, -0.25) is 4.79 Å². The number of carboxylic acid groups (broad SMARTS) is 1. The molecule has 7 heteroatoms. The summed E-state index contributed by atoms with van der Waals surface area (Å²) in [6, 6.07) is -0.830. The van der Waals surface area contributed by atoms with Crippen LogP contribution in [0.2, 0.25) is 0 Å². The summed E-state index contributed by atoms with van der Waals surface area (Å²) >= 11 is 0. The number of alkyl halides is 3. The van der Waals surface area contributed by atoms with E-state index in [1.807, 2.05) is 0 Å². The molecule has 0 bridgehead atoms. The fourth-order valence-corrected chi connectivity index (χ4v) is 1.20. The maximum absolute atomic E-state index is 11.9. The molecule has 0 aromatic heterocycles. The molecular formula is C9H17F3N2O2. The Hall–Kier alpha value is -0.820. The lowest BCUT2D eigenvalue weighted by atomic mass is 10.2. The van der Waals surface area contributed by atoms with Gasteiger partial charge in [-0.2, -0.15) is 13.2 Å². The normalized spacial score (nSPS) is 14.1. The second-order valence-electron chi connectivity index (χ2n) is 3.58. The van der Waals surface area contributed by atoms with Gasteiger partial charge in [0.05, 0.1) is 6.42 Å². The highest BCUT2D eigenvalue weighted by Gasteiger charge is 2.28. The van der Waals surface area contributed by atoms with Gasteiger partial charge in [-0.05, 0) is 13.6 Å². The van der Waals surface area contributed by atoms with Crippen molar-refractivity contribution >= 4 is 5.97 Å². The fraction of sp³-hybridized carbons (Fsp3) is 0.889. The van der Waals surface area contributed by atoms with Crippen LogP contribution in [0.4, 0.5) is 13.2 Å². The lowest BCUT2D eigenvalue weighted by molar-refractivity contribution is -0.141. The van der Waals surface area contributed by atoms with Gasteiger partial charge in [0, 0.05) is 13.1 Å². The van der Waals surface area contributed by atoms with Crippen LogP contribution in [0.3, 0.4) is 0 Å². The van der Waals surface area contributed by atoms with E-state index in [1.54, 1.807) is 6.92 Å². The van der Waals surface area contributed by atoms with E-state index in [1.165, 1.54) is 11.9 Å². The molecule has 0 aliphatic carbocycles. The minimum absolute atomic E-state index is 0.0548. The van der Waals surface area contributed by atoms with Crippen molar-refractivity contribution < 1.29 is 23.1 Å². The van der Waals surface area contributed by atoms with Gasteiger partial charge in [-0.1, -0.05) is 6.92 Å². The number of likely N-dealkylation sites (N-methyl/N-ethyl adjacent to an activating group) is 2. The first-order valence-corrected chi connectivity index (χ1v) is 4.97. The van der Waals surface area contributed by atoms with Crippen molar-refractivity contribution in [2.45, 2.75) is 25.6 Å². The van der Waals surface area contributed by atoms with Gasteiger partial charge in [-0.15, -0.1) is 0 Å². The molecule has 0 aliphatic rings.